The van der Waals surface area contributed by atoms with E-state index in [1.807, 2.05) is 11.0 Å². The van der Waals surface area contributed by atoms with Crippen LogP contribution in [0.25, 0.3) is 11.6 Å². The molecule has 1 N–H and O–H groups in total. The molecule has 3 aliphatic rings. The summed E-state index contributed by atoms with van der Waals surface area (Å²) in [6.07, 6.45) is 5.74. The standard InChI is InChI=1S/C28H35FN4O/c1-31-13-15-33(16-14-31)28(34)7-10-30-26-8-11-32(12-9-26)27-4-2-3-21(20-27)23-17-22-5-6-25(29)19-24(22)18-23/h2-6,18-20,26,30H,7-17H2,1H3. The first-order valence-electron chi connectivity index (χ1n) is 12.6. The van der Waals surface area contributed by atoms with E-state index in [1.54, 1.807) is 12.1 Å². The minimum absolute atomic E-state index is 0.176. The van der Waals surface area contributed by atoms with E-state index in [2.05, 4.69) is 52.5 Å². The zero-order valence-electron chi connectivity index (χ0n) is 20.1. The van der Waals surface area contributed by atoms with Gasteiger partial charge in [-0.2, -0.15) is 0 Å². The van der Waals surface area contributed by atoms with Crippen molar-refractivity contribution in [3.05, 3.63) is 65.0 Å². The van der Waals surface area contributed by atoms with Crippen LogP contribution in [0, 0.1) is 5.82 Å². The number of amides is 1. The number of piperazine rings is 1. The Kier molecular flexibility index (Phi) is 6.97. The van der Waals surface area contributed by atoms with Gasteiger partial charge in [0.15, 0.2) is 0 Å². The number of likely N-dealkylation sites (N-methyl/N-ethyl adjacent to an activating group) is 1. The third-order valence-electron chi connectivity index (χ3n) is 7.52. The number of fused-ring (bicyclic) bond motifs is 1. The molecule has 0 saturated carbocycles. The first kappa shape index (κ1) is 23.1. The van der Waals surface area contributed by atoms with Crippen molar-refractivity contribution < 1.29 is 9.18 Å². The van der Waals surface area contributed by atoms with Crippen molar-refractivity contribution in [3.63, 3.8) is 0 Å². The van der Waals surface area contributed by atoms with E-state index in [9.17, 15) is 9.18 Å². The molecule has 2 aromatic carbocycles. The summed E-state index contributed by atoms with van der Waals surface area (Å²) in [7, 11) is 2.11. The summed E-state index contributed by atoms with van der Waals surface area (Å²) in [6.45, 7) is 6.44. The summed E-state index contributed by atoms with van der Waals surface area (Å²) in [5.41, 5.74) is 5.92. The molecule has 1 amide bonds. The van der Waals surface area contributed by atoms with Crippen LogP contribution < -0.4 is 10.2 Å². The number of rotatable bonds is 6. The summed E-state index contributed by atoms with van der Waals surface area (Å²) >= 11 is 0. The fraction of sp³-hybridized carbons (Fsp3) is 0.464. The summed E-state index contributed by atoms with van der Waals surface area (Å²) in [5.74, 6) is 0.103. The Balaban J connectivity index is 1.10. The predicted molar refractivity (Wildman–Crippen MR) is 136 cm³/mol. The fourth-order valence-corrected chi connectivity index (χ4v) is 5.33. The monoisotopic (exact) mass is 462 g/mol. The van der Waals surface area contributed by atoms with Crippen molar-refractivity contribution in [2.75, 3.05) is 57.8 Å². The minimum atomic E-state index is -0.176. The average Bonchev–Trinajstić information content (AvgIpc) is 3.28. The molecule has 0 radical (unpaired) electrons. The van der Waals surface area contributed by atoms with Gasteiger partial charge in [0.1, 0.15) is 5.82 Å². The number of hydrogen-bond acceptors (Lipinski definition) is 4. The van der Waals surface area contributed by atoms with Crippen LogP contribution in [0.3, 0.4) is 0 Å². The second-order valence-electron chi connectivity index (χ2n) is 9.89. The van der Waals surface area contributed by atoms with Gasteiger partial charge in [-0.15, -0.1) is 0 Å². The number of allylic oxidation sites excluding steroid dienone is 1. The van der Waals surface area contributed by atoms with Crippen LogP contribution in [0.15, 0.2) is 42.5 Å². The van der Waals surface area contributed by atoms with E-state index in [0.717, 1.165) is 70.6 Å². The zero-order chi connectivity index (χ0) is 23.5. The van der Waals surface area contributed by atoms with Gasteiger partial charge in [0.2, 0.25) is 5.91 Å². The maximum atomic E-state index is 13.6. The molecular weight excluding hydrogens is 427 g/mol. The van der Waals surface area contributed by atoms with E-state index < -0.39 is 0 Å². The fourth-order valence-electron chi connectivity index (χ4n) is 5.33. The van der Waals surface area contributed by atoms with Crippen LogP contribution in [0.1, 0.15) is 36.0 Å². The van der Waals surface area contributed by atoms with E-state index in [4.69, 9.17) is 0 Å². The molecule has 0 bridgehead atoms. The van der Waals surface area contributed by atoms with Crippen molar-refractivity contribution >= 4 is 23.2 Å². The molecule has 2 heterocycles. The molecular formula is C28H35FN4O. The van der Waals surface area contributed by atoms with Gasteiger partial charge in [-0.3, -0.25) is 4.79 Å². The number of benzene rings is 2. The van der Waals surface area contributed by atoms with Gasteiger partial charge in [-0.05, 0) is 72.8 Å². The molecule has 0 unspecified atom stereocenters. The summed E-state index contributed by atoms with van der Waals surface area (Å²) < 4.78 is 13.6. The minimum Gasteiger partial charge on any atom is -0.371 e. The Labute approximate surface area is 202 Å². The van der Waals surface area contributed by atoms with Crippen LogP contribution in [-0.4, -0.2) is 74.6 Å². The number of nitrogens with zero attached hydrogens (tertiary/aromatic N) is 3. The van der Waals surface area contributed by atoms with E-state index in [-0.39, 0.29) is 11.7 Å². The van der Waals surface area contributed by atoms with E-state index in [0.29, 0.717) is 12.5 Å². The maximum absolute atomic E-state index is 13.6. The van der Waals surface area contributed by atoms with Crippen LogP contribution in [-0.2, 0) is 11.2 Å². The number of carbonyl (C=O) groups is 1. The van der Waals surface area contributed by atoms with Crippen molar-refractivity contribution in [1.29, 1.82) is 0 Å². The lowest BCUT2D eigenvalue weighted by molar-refractivity contribution is -0.132. The number of piperidine rings is 1. The Hall–Kier alpha value is -2.70. The summed E-state index contributed by atoms with van der Waals surface area (Å²) in [6, 6.07) is 14.3. The van der Waals surface area contributed by atoms with Gasteiger partial charge in [0.05, 0.1) is 0 Å². The van der Waals surface area contributed by atoms with Gasteiger partial charge in [-0.1, -0.05) is 24.3 Å². The van der Waals surface area contributed by atoms with Gasteiger partial charge in [0.25, 0.3) is 0 Å². The van der Waals surface area contributed by atoms with Gasteiger partial charge in [-0.25, -0.2) is 4.39 Å². The van der Waals surface area contributed by atoms with E-state index in [1.165, 1.54) is 22.4 Å². The molecule has 5 rings (SSSR count). The Bertz CT molecular complexity index is 1050. The predicted octanol–water partition coefficient (Wildman–Crippen LogP) is 3.64. The molecule has 2 aliphatic heterocycles. The second-order valence-corrected chi connectivity index (χ2v) is 9.89. The maximum Gasteiger partial charge on any atom is 0.223 e. The van der Waals surface area contributed by atoms with Crippen LogP contribution in [0.4, 0.5) is 10.1 Å². The van der Waals surface area contributed by atoms with Crippen LogP contribution in [0.2, 0.25) is 0 Å². The smallest absolute Gasteiger partial charge is 0.223 e. The molecule has 6 heteroatoms. The van der Waals surface area contributed by atoms with Crippen molar-refractivity contribution in [2.24, 2.45) is 0 Å². The number of anilines is 1. The average molecular weight is 463 g/mol. The molecule has 1 aliphatic carbocycles. The number of halogens is 1. The molecule has 180 valence electrons. The van der Waals surface area contributed by atoms with Gasteiger partial charge in [0, 0.05) is 64.0 Å². The quantitative estimate of drug-likeness (QED) is 0.712. The van der Waals surface area contributed by atoms with Crippen molar-refractivity contribution in [3.8, 4) is 0 Å². The van der Waals surface area contributed by atoms with Gasteiger partial charge >= 0.3 is 0 Å². The third-order valence-corrected chi connectivity index (χ3v) is 7.52. The first-order valence-corrected chi connectivity index (χ1v) is 12.6. The number of nitrogens with one attached hydrogen (secondary N) is 1. The highest BCUT2D eigenvalue weighted by Crippen LogP contribution is 2.33. The molecule has 0 aromatic heterocycles. The number of carbonyl (C=O) groups excluding carboxylic acids is 1. The topological polar surface area (TPSA) is 38.8 Å². The molecule has 0 spiro atoms. The molecule has 5 nitrogen and oxygen atoms in total. The lowest BCUT2D eigenvalue weighted by atomic mass is 10.0. The SMILES string of the molecule is CN1CCN(C(=O)CCNC2CCN(c3cccc(C4=Cc5cc(F)ccc5C4)c3)CC2)CC1. The summed E-state index contributed by atoms with van der Waals surface area (Å²) in [5, 5.41) is 3.62. The largest absolute Gasteiger partial charge is 0.371 e. The summed E-state index contributed by atoms with van der Waals surface area (Å²) in [4.78, 5) is 19.2. The van der Waals surface area contributed by atoms with Gasteiger partial charge < -0.3 is 20.0 Å². The van der Waals surface area contributed by atoms with E-state index >= 15 is 0 Å². The zero-order valence-corrected chi connectivity index (χ0v) is 20.1. The molecule has 2 fully saturated rings. The highest BCUT2D eigenvalue weighted by Gasteiger charge is 2.22. The van der Waals surface area contributed by atoms with Crippen LogP contribution >= 0.6 is 0 Å². The number of hydrogen-bond donors (Lipinski definition) is 1. The highest BCUT2D eigenvalue weighted by molar-refractivity contribution is 5.89. The normalized spacial score (nSPS) is 19.3. The lowest BCUT2D eigenvalue weighted by Crippen LogP contribution is -2.48. The molecule has 2 aromatic rings. The highest BCUT2D eigenvalue weighted by atomic mass is 19.1. The first-order chi connectivity index (χ1) is 16.5. The molecule has 34 heavy (non-hydrogen) atoms. The Morgan fingerprint density at radius 3 is 2.62 bits per heavy atom. The third kappa shape index (κ3) is 5.34. The van der Waals surface area contributed by atoms with Crippen molar-refractivity contribution in [1.82, 2.24) is 15.1 Å². The van der Waals surface area contributed by atoms with Crippen LogP contribution in [0.5, 0.6) is 0 Å². The lowest BCUT2D eigenvalue weighted by Gasteiger charge is -2.35. The Morgan fingerprint density at radius 2 is 1.82 bits per heavy atom. The van der Waals surface area contributed by atoms with Crippen molar-refractivity contribution in [2.45, 2.75) is 31.7 Å². The molecule has 0 atom stereocenters. The second kappa shape index (κ2) is 10.3. The Morgan fingerprint density at radius 1 is 1.03 bits per heavy atom. The molecule has 2 saturated heterocycles.